The van der Waals surface area contributed by atoms with E-state index in [4.69, 9.17) is 19.7 Å². The molecule has 2 N–H and O–H groups in total. The minimum atomic E-state index is 0.0717. The smallest absolute Gasteiger partial charge is 0.0707 e. The van der Waals surface area contributed by atoms with Gasteiger partial charge < -0.3 is 28.8 Å². The molecule has 0 aromatic carbocycles. The molecule has 0 unspecified atom stereocenters. The second kappa shape index (κ2) is 10.0. The Labute approximate surface area is 181 Å². The Balaban J connectivity index is 1.30. The Bertz CT molecular complexity index is 730. The third kappa shape index (κ3) is 4.99. The van der Waals surface area contributed by atoms with Gasteiger partial charge in [0.2, 0.25) is 0 Å². The summed E-state index contributed by atoms with van der Waals surface area (Å²) in [6, 6.07) is 0. The van der Waals surface area contributed by atoms with E-state index in [-0.39, 0.29) is 13.2 Å². The number of aliphatic hydroxyl groups excluding tert-OH is 2. The highest BCUT2D eigenvalue weighted by Gasteiger charge is 2.28. The Kier molecular flexibility index (Phi) is 7.45. The molecule has 2 aliphatic heterocycles. The summed E-state index contributed by atoms with van der Waals surface area (Å²) in [5, 5.41) is 17.5. The zero-order chi connectivity index (χ0) is 19.3. The summed E-state index contributed by atoms with van der Waals surface area (Å²) in [5.74, 6) is 0. The lowest BCUT2D eigenvalue weighted by atomic mass is 10.6. The standard InChI is InChI=1S/C18H22N2O4S4/c21-3-7-23-5-1-19-9-13-14(10-19)26-17(25-13)18-27-15-11-20(12-16(15)28-18)2-6-24-8-4-22/h9-12,21-22H,1-8H2. The molecular weight excluding hydrogens is 436 g/mol. The topological polar surface area (TPSA) is 68.8 Å². The highest BCUT2D eigenvalue weighted by Crippen LogP contribution is 2.61. The number of aliphatic hydroxyl groups is 2. The summed E-state index contributed by atoms with van der Waals surface area (Å²) < 4.78 is 17.7. The van der Waals surface area contributed by atoms with Crippen molar-refractivity contribution < 1.29 is 19.7 Å². The third-order valence-corrected chi connectivity index (χ3v) is 9.57. The van der Waals surface area contributed by atoms with Gasteiger partial charge in [0.25, 0.3) is 0 Å². The van der Waals surface area contributed by atoms with Crippen LogP contribution >= 0.6 is 47.0 Å². The van der Waals surface area contributed by atoms with Crippen molar-refractivity contribution in [1.29, 1.82) is 0 Å². The summed E-state index contributed by atoms with van der Waals surface area (Å²) in [6.07, 6.45) is 8.72. The number of fused-ring (bicyclic) bond motifs is 2. The van der Waals surface area contributed by atoms with Gasteiger partial charge in [-0.1, -0.05) is 47.0 Å². The van der Waals surface area contributed by atoms with Crippen LogP contribution in [0.1, 0.15) is 0 Å². The van der Waals surface area contributed by atoms with E-state index in [1.54, 1.807) is 0 Å². The fourth-order valence-corrected chi connectivity index (χ4v) is 8.19. The van der Waals surface area contributed by atoms with Crippen molar-refractivity contribution in [2.45, 2.75) is 32.7 Å². The maximum atomic E-state index is 8.75. The molecule has 10 heteroatoms. The van der Waals surface area contributed by atoms with E-state index in [1.807, 2.05) is 47.0 Å². The molecule has 4 heterocycles. The molecule has 0 radical (unpaired) electrons. The molecule has 2 aliphatic rings. The molecule has 2 aromatic rings. The lowest BCUT2D eigenvalue weighted by molar-refractivity contribution is 0.0870. The van der Waals surface area contributed by atoms with Crippen LogP contribution in [0.5, 0.6) is 0 Å². The van der Waals surface area contributed by atoms with Crippen LogP contribution in [0.25, 0.3) is 0 Å². The van der Waals surface area contributed by atoms with Crippen LogP contribution in [-0.2, 0) is 22.6 Å². The van der Waals surface area contributed by atoms with Crippen molar-refractivity contribution in [3.8, 4) is 0 Å². The number of ether oxygens (including phenoxy) is 2. The summed E-state index contributed by atoms with van der Waals surface area (Å²) in [7, 11) is 0. The molecule has 0 spiro atoms. The molecule has 4 rings (SSSR count). The molecule has 0 fully saturated rings. The average molecular weight is 459 g/mol. The lowest BCUT2D eigenvalue weighted by Crippen LogP contribution is -2.06. The van der Waals surface area contributed by atoms with Crippen LogP contribution < -0.4 is 0 Å². The van der Waals surface area contributed by atoms with E-state index >= 15 is 0 Å². The molecule has 0 bridgehead atoms. The minimum absolute atomic E-state index is 0.0717. The van der Waals surface area contributed by atoms with Gasteiger partial charge in [0.15, 0.2) is 0 Å². The molecule has 6 nitrogen and oxygen atoms in total. The molecule has 0 amide bonds. The maximum absolute atomic E-state index is 8.75. The SMILES string of the molecule is OCCOCCn1cc2c(c1)SC(=C1Sc3cn(CCOCCO)cc3S1)S2. The van der Waals surface area contributed by atoms with E-state index in [1.165, 1.54) is 28.1 Å². The molecule has 0 saturated carbocycles. The number of hydrogen-bond donors (Lipinski definition) is 2. The Morgan fingerprint density at radius 2 is 0.964 bits per heavy atom. The normalized spacial score (nSPS) is 15.5. The van der Waals surface area contributed by atoms with Crippen LogP contribution in [-0.4, -0.2) is 59.0 Å². The van der Waals surface area contributed by atoms with Gasteiger partial charge in [0.1, 0.15) is 0 Å². The summed E-state index contributed by atoms with van der Waals surface area (Å²) in [5.41, 5.74) is 0. The summed E-state index contributed by atoms with van der Waals surface area (Å²) >= 11 is 7.38. The largest absolute Gasteiger partial charge is 0.394 e. The van der Waals surface area contributed by atoms with E-state index in [0.717, 1.165) is 13.1 Å². The highest BCUT2D eigenvalue weighted by molar-refractivity contribution is 8.30. The number of nitrogens with zero attached hydrogens (tertiary/aromatic N) is 2. The first kappa shape index (κ1) is 20.8. The zero-order valence-electron chi connectivity index (χ0n) is 15.2. The second-order valence-electron chi connectivity index (χ2n) is 6.10. The zero-order valence-corrected chi connectivity index (χ0v) is 18.5. The van der Waals surface area contributed by atoms with Gasteiger partial charge in [0.05, 0.1) is 48.1 Å². The monoisotopic (exact) mass is 458 g/mol. The van der Waals surface area contributed by atoms with E-state index in [2.05, 4.69) is 33.9 Å². The van der Waals surface area contributed by atoms with Gasteiger partial charge in [-0.05, 0) is 0 Å². The van der Waals surface area contributed by atoms with Crippen molar-refractivity contribution in [1.82, 2.24) is 9.13 Å². The van der Waals surface area contributed by atoms with Gasteiger partial charge in [-0.25, -0.2) is 0 Å². The predicted octanol–water partition coefficient (Wildman–Crippen LogP) is 3.53. The molecule has 0 saturated heterocycles. The van der Waals surface area contributed by atoms with Crippen LogP contribution in [0, 0.1) is 0 Å². The van der Waals surface area contributed by atoms with Crippen molar-refractivity contribution in [2.75, 3.05) is 39.6 Å². The number of aromatic nitrogens is 2. The Morgan fingerprint density at radius 1 is 0.607 bits per heavy atom. The van der Waals surface area contributed by atoms with Crippen LogP contribution in [0.15, 0.2) is 52.8 Å². The number of thioether (sulfide) groups is 4. The summed E-state index contributed by atoms with van der Waals surface area (Å²) in [6.45, 7) is 3.79. The van der Waals surface area contributed by atoms with Crippen molar-refractivity contribution in [2.24, 2.45) is 0 Å². The molecular formula is C18H22N2O4S4. The van der Waals surface area contributed by atoms with E-state index < -0.39 is 0 Å². The summed E-state index contributed by atoms with van der Waals surface area (Å²) in [4.78, 5) is 5.22. The maximum Gasteiger partial charge on any atom is 0.0707 e. The molecule has 28 heavy (non-hydrogen) atoms. The Hall–Kier alpha value is -0.460. The molecule has 0 atom stereocenters. The third-order valence-electron chi connectivity index (χ3n) is 4.05. The number of rotatable bonds is 10. The first-order chi connectivity index (χ1) is 13.8. The van der Waals surface area contributed by atoms with Crippen LogP contribution in [0.3, 0.4) is 0 Å². The van der Waals surface area contributed by atoms with E-state index in [9.17, 15) is 0 Å². The molecule has 0 aliphatic carbocycles. The van der Waals surface area contributed by atoms with Gasteiger partial charge in [-0.15, -0.1) is 0 Å². The van der Waals surface area contributed by atoms with Crippen molar-refractivity contribution in [3.63, 3.8) is 0 Å². The van der Waals surface area contributed by atoms with E-state index in [0.29, 0.717) is 26.4 Å². The number of hydrogen-bond acceptors (Lipinski definition) is 8. The van der Waals surface area contributed by atoms with Gasteiger partial charge >= 0.3 is 0 Å². The lowest BCUT2D eigenvalue weighted by Gasteiger charge is -2.06. The van der Waals surface area contributed by atoms with Gasteiger partial charge in [0, 0.05) is 57.5 Å². The fraction of sp³-hybridized carbons (Fsp3) is 0.444. The Morgan fingerprint density at radius 3 is 1.29 bits per heavy atom. The van der Waals surface area contributed by atoms with Crippen molar-refractivity contribution >= 4 is 47.0 Å². The van der Waals surface area contributed by atoms with Gasteiger partial charge in [-0.3, -0.25) is 0 Å². The predicted molar refractivity (Wildman–Crippen MR) is 115 cm³/mol. The van der Waals surface area contributed by atoms with Crippen molar-refractivity contribution in [3.05, 3.63) is 33.3 Å². The fourth-order valence-electron chi connectivity index (χ4n) is 2.78. The van der Waals surface area contributed by atoms with Crippen LogP contribution in [0.2, 0.25) is 0 Å². The highest BCUT2D eigenvalue weighted by atomic mass is 32.2. The van der Waals surface area contributed by atoms with Crippen LogP contribution in [0.4, 0.5) is 0 Å². The first-order valence-electron chi connectivity index (χ1n) is 8.99. The minimum Gasteiger partial charge on any atom is -0.394 e. The average Bonchev–Trinajstić information content (AvgIpc) is 3.40. The van der Waals surface area contributed by atoms with Gasteiger partial charge in [-0.2, -0.15) is 0 Å². The molecule has 2 aromatic heterocycles. The molecule has 152 valence electrons. The first-order valence-corrected chi connectivity index (χ1v) is 12.3. The quantitative estimate of drug-likeness (QED) is 0.524. The second-order valence-corrected chi connectivity index (χ2v) is 10.8.